The SMILES string of the molecule is CCCc1c(C(=O)Nc2ccc(Br)c(C)c2)sc2ccccc12. The third kappa shape index (κ3) is 3.33. The fourth-order valence-electron chi connectivity index (χ4n) is 2.69. The van der Waals surface area contributed by atoms with Crippen molar-refractivity contribution in [1.29, 1.82) is 0 Å². The largest absolute Gasteiger partial charge is 0.321 e. The maximum absolute atomic E-state index is 12.8. The minimum Gasteiger partial charge on any atom is -0.321 e. The van der Waals surface area contributed by atoms with E-state index in [1.54, 1.807) is 11.3 Å². The van der Waals surface area contributed by atoms with Gasteiger partial charge in [-0.3, -0.25) is 4.79 Å². The molecular formula is C19H18BrNOS. The fraction of sp³-hybridized carbons (Fsp3) is 0.211. The van der Waals surface area contributed by atoms with Crippen molar-refractivity contribution in [3.05, 3.63) is 62.9 Å². The lowest BCUT2D eigenvalue weighted by atomic mass is 10.1. The molecule has 118 valence electrons. The molecule has 0 radical (unpaired) electrons. The first kappa shape index (κ1) is 16.2. The van der Waals surface area contributed by atoms with Gasteiger partial charge in [-0.05, 0) is 54.1 Å². The van der Waals surface area contributed by atoms with E-state index in [9.17, 15) is 4.79 Å². The van der Waals surface area contributed by atoms with E-state index in [1.165, 1.54) is 15.6 Å². The molecular weight excluding hydrogens is 370 g/mol. The zero-order valence-corrected chi connectivity index (χ0v) is 15.6. The summed E-state index contributed by atoms with van der Waals surface area (Å²) in [6.45, 7) is 4.16. The summed E-state index contributed by atoms with van der Waals surface area (Å²) in [7, 11) is 0. The topological polar surface area (TPSA) is 29.1 Å². The molecule has 1 amide bonds. The maximum Gasteiger partial charge on any atom is 0.266 e. The number of fused-ring (bicyclic) bond motifs is 1. The van der Waals surface area contributed by atoms with Crippen molar-refractivity contribution in [3.8, 4) is 0 Å². The quantitative estimate of drug-likeness (QED) is 0.568. The van der Waals surface area contributed by atoms with Crippen LogP contribution < -0.4 is 5.32 Å². The number of thiophene rings is 1. The molecule has 0 fully saturated rings. The molecule has 2 nitrogen and oxygen atoms in total. The van der Waals surface area contributed by atoms with Gasteiger partial charge in [0.15, 0.2) is 0 Å². The van der Waals surface area contributed by atoms with E-state index in [2.05, 4.69) is 40.3 Å². The van der Waals surface area contributed by atoms with Crippen molar-refractivity contribution in [2.24, 2.45) is 0 Å². The molecule has 0 atom stereocenters. The molecule has 3 rings (SSSR count). The first-order chi connectivity index (χ1) is 11.1. The molecule has 0 unspecified atom stereocenters. The Morgan fingerprint density at radius 2 is 2.00 bits per heavy atom. The highest BCUT2D eigenvalue weighted by Gasteiger charge is 2.17. The van der Waals surface area contributed by atoms with Crippen molar-refractivity contribution in [2.45, 2.75) is 26.7 Å². The standard InChI is InChI=1S/C19H18BrNOS/c1-3-6-15-14-7-4-5-8-17(14)23-18(15)19(22)21-13-9-10-16(20)12(2)11-13/h4-5,7-11H,3,6H2,1-2H3,(H,21,22). The number of carbonyl (C=O) groups excluding carboxylic acids is 1. The Morgan fingerprint density at radius 3 is 2.74 bits per heavy atom. The molecule has 3 aromatic rings. The van der Waals surface area contributed by atoms with Crippen molar-refractivity contribution < 1.29 is 4.79 Å². The van der Waals surface area contributed by atoms with Crippen LogP contribution >= 0.6 is 27.3 Å². The van der Waals surface area contributed by atoms with Gasteiger partial charge in [0.1, 0.15) is 0 Å². The van der Waals surface area contributed by atoms with Crippen LogP contribution in [0.1, 0.15) is 34.1 Å². The highest BCUT2D eigenvalue weighted by molar-refractivity contribution is 9.10. The molecule has 1 N–H and O–H groups in total. The van der Waals surface area contributed by atoms with Gasteiger partial charge >= 0.3 is 0 Å². The van der Waals surface area contributed by atoms with Gasteiger partial charge in [0, 0.05) is 14.9 Å². The first-order valence-electron chi connectivity index (χ1n) is 7.68. The van der Waals surface area contributed by atoms with Gasteiger partial charge in [-0.1, -0.05) is 47.5 Å². The third-order valence-corrected chi connectivity index (χ3v) is 5.92. The third-order valence-electron chi connectivity index (χ3n) is 3.82. The van der Waals surface area contributed by atoms with Gasteiger partial charge in [0.2, 0.25) is 0 Å². The van der Waals surface area contributed by atoms with E-state index in [4.69, 9.17) is 0 Å². The lowest BCUT2D eigenvalue weighted by molar-refractivity contribution is 0.103. The van der Waals surface area contributed by atoms with E-state index in [-0.39, 0.29) is 5.91 Å². The second-order valence-electron chi connectivity index (χ2n) is 5.57. The maximum atomic E-state index is 12.8. The summed E-state index contributed by atoms with van der Waals surface area (Å²) in [5.74, 6) is -0.0172. The van der Waals surface area contributed by atoms with E-state index < -0.39 is 0 Å². The summed E-state index contributed by atoms with van der Waals surface area (Å²) in [5, 5.41) is 4.24. The van der Waals surface area contributed by atoms with E-state index >= 15 is 0 Å². The summed E-state index contributed by atoms with van der Waals surface area (Å²) >= 11 is 5.06. The van der Waals surface area contributed by atoms with Crippen LogP contribution in [0, 0.1) is 6.92 Å². The monoisotopic (exact) mass is 387 g/mol. The summed E-state index contributed by atoms with van der Waals surface area (Å²) in [5.41, 5.74) is 3.10. The Hall–Kier alpha value is -1.65. The van der Waals surface area contributed by atoms with Gasteiger partial charge in [0.25, 0.3) is 5.91 Å². The number of rotatable bonds is 4. The lowest BCUT2D eigenvalue weighted by Crippen LogP contribution is -2.12. The number of hydrogen-bond acceptors (Lipinski definition) is 2. The normalized spacial score (nSPS) is 10.9. The Balaban J connectivity index is 1.96. The van der Waals surface area contributed by atoms with Crippen molar-refractivity contribution >= 4 is 48.9 Å². The second kappa shape index (κ2) is 6.85. The highest BCUT2D eigenvalue weighted by Crippen LogP contribution is 2.33. The molecule has 1 heterocycles. The Morgan fingerprint density at radius 1 is 1.22 bits per heavy atom. The molecule has 0 aliphatic heterocycles. The van der Waals surface area contributed by atoms with Crippen LogP contribution in [0.25, 0.3) is 10.1 Å². The van der Waals surface area contributed by atoms with Crippen LogP contribution in [0.2, 0.25) is 0 Å². The number of aryl methyl sites for hydroxylation is 2. The minimum absolute atomic E-state index is 0.0172. The lowest BCUT2D eigenvalue weighted by Gasteiger charge is -2.08. The molecule has 4 heteroatoms. The molecule has 1 aromatic heterocycles. The molecule has 2 aromatic carbocycles. The molecule has 0 aliphatic rings. The zero-order valence-electron chi connectivity index (χ0n) is 13.2. The summed E-state index contributed by atoms with van der Waals surface area (Å²) in [4.78, 5) is 13.6. The average Bonchev–Trinajstić information content (AvgIpc) is 2.90. The van der Waals surface area contributed by atoms with Gasteiger partial charge in [-0.15, -0.1) is 11.3 Å². The fourth-order valence-corrected chi connectivity index (χ4v) is 4.08. The number of hydrogen-bond donors (Lipinski definition) is 1. The van der Waals surface area contributed by atoms with Crippen LogP contribution in [0.4, 0.5) is 5.69 Å². The zero-order chi connectivity index (χ0) is 16.4. The van der Waals surface area contributed by atoms with Crippen LogP contribution in [-0.4, -0.2) is 5.91 Å². The highest BCUT2D eigenvalue weighted by atomic mass is 79.9. The van der Waals surface area contributed by atoms with Crippen LogP contribution in [0.5, 0.6) is 0 Å². The summed E-state index contributed by atoms with van der Waals surface area (Å²) in [6, 6.07) is 14.1. The average molecular weight is 388 g/mol. The predicted octanol–water partition coefficient (Wildman–Crippen LogP) is 6.18. The minimum atomic E-state index is -0.0172. The van der Waals surface area contributed by atoms with Gasteiger partial charge in [-0.25, -0.2) is 0 Å². The molecule has 0 saturated carbocycles. The van der Waals surface area contributed by atoms with Gasteiger partial charge in [0.05, 0.1) is 4.88 Å². The van der Waals surface area contributed by atoms with Crippen LogP contribution in [0.3, 0.4) is 0 Å². The van der Waals surface area contributed by atoms with Crippen molar-refractivity contribution in [2.75, 3.05) is 5.32 Å². The van der Waals surface area contributed by atoms with Crippen LogP contribution in [0.15, 0.2) is 46.9 Å². The molecule has 0 saturated heterocycles. The summed E-state index contributed by atoms with van der Waals surface area (Å²) in [6.07, 6.45) is 1.95. The first-order valence-corrected chi connectivity index (χ1v) is 9.29. The van der Waals surface area contributed by atoms with Crippen molar-refractivity contribution in [3.63, 3.8) is 0 Å². The molecule has 0 bridgehead atoms. The van der Waals surface area contributed by atoms with Crippen molar-refractivity contribution in [1.82, 2.24) is 0 Å². The number of amides is 1. The Bertz CT molecular complexity index is 869. The Labute approximate surface area is 148 Å². The second-order valence-corrected chi connectivity index (χ2v) is 7.48. The van der Waals surface area contributed by atoms with Gasteiger partial charge < -0.3 is 5.32 Å². The number of nitrogens with one attached hydrogen (secondary N) is 1. The molecule has 0 spiro atoms. The molecule has 0 aliphatic carbocycles. The summed E-state index contributed by atoms with van der Waals surface area (Å²) < 4.78 is 2.22. The molecule has 23 heavy (non-hydrogen) atoms. The Kier molecular flexibility index (Phi) is 4.83. The van der Waals surface area contributed by atoms with Crippen LogP contribution in [-0.2, 0) is 6.42 Å². The number of halogens is 1. The number of carbonyl (C=O) groups is 1. The van der Waals surface area contributed by atoms with E-state index in [0.29, 0.717) is 0 Å². The number of benzene rings is 2. The van der Waals surface area contributed by atoms with E-state index in [0.717, 1.165) is 33.4 Å². The van der Waals surface area contributed by atoms with E-state index in [1.807, 2.05) is 37.3 Å². The smallest absolute Gasteiger partial charge is 0.266 e. The predicted molar refractivity (Wildman–Crippen MR) is 103 cm³/mol. The van der Waals surface area contributed by atoms with Gasteiger partial charge in [-0.2, -0.15) is 0 Å². The number of anilines is 1.